The second-order valence-corrected chi connectivity index (χ2v) is 3.49. The van der Waals surface area contributed by atoms with Crippen LogP contribution >= 0.6 is 0 Å². The van der Waals surface area contributed by atoms with Crippen LogP contribution in [0.3, 0.4) is 0 Å². The molecule has 82 valence electrons. The molecule has 0 saturated heterocycles. The maximum atomic E-state index is 10.6. The van der Waals surface area contributed by atoms with Crippen LogP contribution < -0.4 is 0 Å². The number of rotatable bonds is 5. The van der Waals surface area contributed by atoms with Crippen molar-refractivity contribution >= 4 is 5.97 Å². The molecule has 0 amide bonds. The highest BCUT2D eigenvalue weighted by molar-refractivity contribution is 5.70. The van der Waals surface area contributed by atoms with E-state index in [1.54, 1.807) is 19.9 Å². The van der Waals surface area contributed by atoms with Gasteiger partial charge in [-0.05, 0) is 13.8 Å². The standard InChI is InChI=1S/C10H18O4/c1-4-5-8(11)6(2)9(12)7(3)10(13)14/h4-9,11-12H,1-3H3,(H,13,14)/t6?,7?,8-,9+/m1/s1. The maximum Gasteiger partial charge on any atom is 0.308 e. The van der Waals surface area contributed by atoms with Gasteiger partial charge < -0.3 is 15.3 Å². The van der Waals surface area contributed by atoms with Gasteiger partial charge in [0.05, 0.1) is 18.1 Å². The topological polar surface area (TPSA) is 77.8 Å². The Morgan fingerprint density at radius 2 is 1.79 bits per heavy atom. The average molecular weight is 202 g/mol. The lowest BCUT2D eigenvalue weighted by molar-refractivity contribution is -0.146. The van der Waals surface area contributed by atoms with E-state index in [4.69, 9.17) is 5.11 Å². The summed E-state index contributed by atoms with van der Waals surface area (Å²) in [6.07, 6.45) is 1.34. The fourth-order valence-electron chi connectivity index (χ4n) is 1.18. The van der Waals surface area contributed by atoms with Crippen LogP contribution in [0.25, 0.3) is 0 Å². The van der Waals surface area contributed by atoms with Gasteiger partial charge in [-0.1, -0.05) is 19.1 Å². The third-order valence-corrected chi connectivity index (χ3v) is 2.37. The molecule has 0 spiro atoms. The molecule has 0 rings (SSSR count). The fourth-order valence-corrected chi connectivity index (χ4v) is 1.18. The predicted molar refractivity (Wildman–Crippen MR) is 52.8 cm³/mol. The Kier molecular flexibility index (Phi) is 5.42. The van der Waals surface area contributed by atoms with Crippen molar-refractivity contribution in [2.75, 3.05) is 0 Å². The Bertz CT molecular complexity index is 212. The second-order valence-electron chi connectivity index (χ2n) is 3.49. The van der Waals surface area contributed by atoms with Gasteiger partial charge in [0.1, 0.15) is 0 Å². The van der Waals surface area contributed by atoms with Gasteiger partial charge in [0.2, 0.25) is 0 Å². The van der Waals surface area contributed by atoms with E-state index in [1.807, 2.05) is 0 Å². The molecule has 0 aliphatic rings. The molecule has 0 radical (unpaired) electrons. The fraction of sp³-hybridized carbons (Fsp3) is 0.700. The van der Waals surface area contributed by atoms with Crippen LogP contribution in [0.15, 0.2) is 12.2 Å². The molecule has 4 atom stereocenters. The number of hydrogen-bond donors (Lipinski definition) is 3. The molecule has 0 aromatic heterocycles. The van der Waals surface area contributed by atoms with E-state index in [9.17, 15) is 15.0 Å². The molecule has 0 aromatic rings. The molecule has 14 heavy (non-hydrogen) atoms. The molecule has 4 nitrogen and oxygen atoms in total. The van der Waals surface area contributed by atoms with Gasteiger partial charge in [0, 0.05) is 5.92 Å². The Hall–Kier alpha value is -0.870. The summed E-state index contributed by atoms with van der Waals surface area (Å²) < 4.78 is 0. The summed E-state index contributed by atoms with van der Waals surface area (Å²) in [6, 6.07) is 0. The Morgan fingerprint density at radius 1 is 1.29 bits per heavy atom. The van der Waals surface area contributed by atoms with Gasteiger partial charge in [0.25, 0.3) is 0 Å². The van der Waals surface area contributed by atoms with Crippen LogP contribution in [0.1, 0.15) is 20.8 Å². The van der Waals surface area contributed by atoms with Crippen molar-refractivity contribution in [3.05, 3.63) is 12.2 Å². The Morgan fingerprint density at radius 3 is 2.14 bits per heavy atom. The van der Waals surface area contributed by atoms with Crippen LogP contribution in [0.2, 0.25) is 0 Å². The van der Waals surface area contributed by atoms with E-state index < -0.39 is 30.0 Å². The molecule has 0 fully saturated rings. The number of hydrogen-bond acceptors (Lipinski definition) is 3. The van der Waals surface area contributed by atoms with Crippen LogP contribution in [-0.4, -0.2) is 33.5 Å². The van der Waals surface area contributed by atoms with Gasteiger partial charge in [0.15, 0.2) is 0 Å². The van der Waals surface area contributed by atoms with Crippen molar-refractivity contribution in [2.24, 2.45) is 11.8 Å². The summed E-state index contributed by atoms with van der Waals surface area (Å²) in [5, 5.41) is 27.7. The van der Waals surface area contributed by atoms with Gasteiger partial charge in [-0.25, -0.2) is 0 Å². The third-order valence-electron chi connectivity index (χ3n) is 2.37. The van der Waals surface area contributed by atoms with Crippen molar-refractivity contribution in [3.63, 3.8) is 0 Å². The molecule has 2 unspecified atom stereocenters. The quantitative estimate of drug-likeness (QED) is 0.572. The number of carboxylic acids is 1. The average Bonchev–Trinajstić information content (AvgIpc) is 2.14. The summed E-state index contributed by atoms with van der Waals surface area (Å²) in [5.74, 6) is -2.42. The normalized spacial score (nSPS) is 20.4. The summed E-state index contributed by atoms with van der Waals surface area (Å²) >= 11 is 0. The number of carboxylic acid groups (broad SMARTS) is 1. The number of carbonyl (C=O) groups is 1. The van der Waals surface area contributed by atoms with Crippen LogP contribution in [0.4, 0.5) is 0 Å². The number of allylic oxidation sites excluding steroid dienone is 1. The lowest BCUT2D eigenvalue weighted by Crippen LogP contribution is -2.36. The SMILES string of the molecule is CC=C[C@@H](O)C(C)[C@H](O)C(C)C(=O)O. The highest BCUT2D eigenvalue weighted by Crippen LogP contribution is 2.17. The Labute approximate surface area is 83.9 Å². The highest BCUT2D eigenvalue weighted by atomic mass is 16.4. The highest BCUT2D eigenvalue weighted by Gasteiger charge is 2.29. The molecule has 0 bridgehead atoms. The lowest BCUT2D eigenvalue weighted by Gasteiger charge is -2.24. The molecular formula is C10H18O4. The van der Waals surface area contributed by atoms with E-state index in [2.05, 4.69) is 0 Å². The zero-order valence-corrected chi connectivity index (χ0v) is 8.71. The number of aliphatic hydroxyl groups is 2. The van der Waals surface area contributed by atoms with E-state index >= 15 is 0 Å². The van der Waals surface area contributed by atoms with Crippen LogP contribution in [0.5, 0.6) is 0 Å². The van der Waals surface area contributed by atoms with Gasteiger partial charge >= 0.3 is 5.97 Å². The molecule has 3 N–H and O–H groups in total. The minimum atomic E-state index is -1.06. The first-order valence-corrected chi connectivity index (χ1v) is 4.63. The van der Waals surface area contributed by atoms with Crippen LogP contribution in [0, 0.1) is 11.8 Å². The largest absolute Gasteiger partial charge is 0.481 e. The van der Waals surface area contributed by atoms with Crippen molar-refractivity contribution < 1.29 is 20.1 Å². The third kappa shape index (κ3) is 3.47. The van der Waals surface area contributed by atoms with Crippen LogP contribution in [-0.2, 0) is 4.79 Å². The molecule has 4 heteroatoms. The first kappa shape index (κ1) is 13.1. The van der Waals surface area contributed by atoms with E-state index in [1.165, 1.54) is 13.0 Å². The summed E-state index contributed by atoms with van der Waals surface area (Å²) in [5.41, 5.74) is 0. The smallest absolute Gasteiger partial charge is 0.308 e. The molecule has 0 aliphatic carbocycles. The Balaban J connectivity index is 4.37. The monoisotopic (exact) mass is 202 g/mol. The van der Waals surface area contributed by atoms with E-state index in [0.717, 1.165) is 0 Å². The predicted octanol–water partition coefficient (Wildman–Crippen LogP) is 0.641. The molecule has 0 heterocycles. The summed E-state index contributed by atoms with van der Waals surface area (Å²) in [4.78, 5) is 10.6. The van der Waals surface area contributed by atoms with Crippen molar-refractivity contribution in [3.8, 4) is 0 Å². The van der Waals surface area contributed by atoms with Crippen molar-refractivity contribution in [1.29, 1.82) is 0 Å². The molecule has 0 saturated carbocycles. The number of aliphatic hydroxyl groups excluding tert-OH is 2. The van der Waals surface area contributed by atoms with Gasteiger partial charge in [-0.15, -0.1) is 0 Å². The first-order valence-electron chi connectivity index (χ1n) is 4.63. The van der Waals surface area contributed by atoms with Crippen molar-refractivity contribution in [1.82, 2.24) is 0 Å². The minimum Gasteiger partial charge on any atom is -0.481 e. The van der Waals surface area contributed by atoms with Gasteiger partial charge in [-0.2, -0.15) is 0 Å². The van der Waals surface area contributed by atoms with Crippen molar-refractivity contribution in [2.45, 2.75) is 33.0 Å². The zero-order valence-electron chi connectivity index (χ0n) is 8.71. The zero-order chi connectivity index (χ0) is 11.3. The van der Waals surface area contributed by atoms with E-state index in [-0.39, 0.29) is 0 Å². The first-order chi connectivity index (χ1) is 6.41. The van der Waals surface area contributed by atoms with E-state index in [0.29, 0.717) is 0 Å². The maximum absolute atomic E-state index is 10.6. The van der Waals surface area contributed by atoms with Gasteiger partial charge in [-0.3, -0.25) is 4.79 Å². The second kappa shape index (κ2) is 5.78. The summed E-state index contributed by atoms with van der Waals surface area (Å²) in [7, 11) is 0. The molecule has 0 aromatic carbocycles. The minimum absolute atomic E-state index is 0.489. The molecular weight excluding hydrogens is 184 g/mol. The molecule has 0 aliphatic heterocycles. The lowest BCUT2D eigenvalue weighted by atomic mass is 9.89. The number of aliphatic carboxylic acids is 1. The summed E-state index contributed by atoms with van der Waals surface area (Å²) in [6.45, 7) is 4.80.